The minimum absolute atomic E-state index is 0.553. The van der Waals surface area contributed by atoms with Crippen LogP contribution >= 0.6 is 11.6 Å². The molecule has 7 heteroatoms. The molecule has 4 aromatic rings. The molecule has 0 spiro atoms. The minimum atomic E-state index is -0.814. The third kappa shape index (κ3) is 6.36. The van der Waals surface area contributed by atoms with Gasteiger partial charge in [0, 0.05) is 73.5 Å². The Balaban J connectivity index is 1.20. The van der Waals surface area contributed by atoms with E-state index in [1.54, 1.807) is 0 Å². The molecule has 1 atom stereocenters. The molecule has 0 radical (unpaired) electrons. The second kappa shape index (κ2) is 12.7. The van der Waals surface area contributed by atoms with Gasteiger partial charge in [0.25, 0.3) is 0 Å². The third-order valence-electron chi connectivity index (χ3n) is 8.41. The van der Waals surface area contributed by atoms with Gasteiger partial charge in [-0.25, -0.2) is 4.39 Å². The van der Waals surface area contributed by atoms with E-state index in [1.807, 2.05) is 36.4 Å². The summed E-state index contributed by atoms with van der Waals surface area (Å²) in [5, 5.41) is 5.69. The second-order valence-electron chi connectivity index (χ2n) is 11.2. The van der Waals surface area contributed by atoms with Crippen LogP contribution in [0.25, 0.3) is 22.0 Å². The number of piperidine rings is 1. The van der Waals surface area contributed by atoms with E-state index in [2.05, 4.69) is 56.2 Å². The summed E-state index contributed by atoms with van der Waals surface area (Å²) in [5.41, 5.74) is 6.16. The predicted molar refractivity (Wildman–Crippen MR) is 162 cm³/mol. The molecule has 3 heterocycles. The zero-order valence-corrected chi connectivity index (χ0v) is 23.8. The van der Waals surface area contributed by atoms with Crippen molar-refractivity contribution in [2.45, 2.75) is 32.5 Å². The van der Waals surface area contributed by atoms with Crippen molar-refractivity contribution in [1.82, 2.24) is 19.7 Å². The van der Waals surface area contributed by atoms with Crippen molar-refractivity contribution in [2.24, 2.45) is 5.92 Å². The largest absolute Gasteiger partial charge is 0.463 e. The van der Waals surface area contributed by atoms with Crippen LogP contribution in [0, 0.1) is 5.92 Å². The van der Waals surface area contributed by atoms with E-state index in [-0.39, 0.29) is 0 Å². The number of nitrogens with zero attached hydrogens (tertiary/aromatic N) is 3. The summed E-state index contributed by atoms with van der Waals surface area (Å²) in [5.74, 6) is 1.19. The Kier molecular flexibility index (Phi) is 8.68. The van der Waals surface area contributed by atoms with Gasteiger partial charge in [-0.3, -0.25) is 9.80 Å². The van der Waals surface area contributed by atoms with Gasteiger partial charge in [0.1, 0.15) is 5.75 Å². The summed E-state index contributed by atoms with van der Waals surface area (Å²) in [6.07, 6.45) is 4.81. The minimum Gasteiger partial charge on any atom is -0.463 e. The molecule has 1 N–H and O–H groups in total. The molecule has 2 aliphatic heterocycles. The van der Waals surface area contributed by atoms with Gasteiger partial charge in [-0.15, -0.1) is 0 Å². The number of benzene rings is 3. The summed E-state index contributed by atoms with van der Waals surface area (Å²) < 4.78 is 20.1. The van der Waals surface area contributed by atoms with Crippen LogP contribution in [0.1, 0.15) is 24.0 Å². The van der Waals surface area contributed by atoms with Gasteiger partial charge in [0.2, 0.25) is 6.86 Å². The molecular weight excluding hydrogens is 523 g/mol. The lowest BCUT2D eigenvalue weighted by Gasteiger charge is -2.35. The van der Waals surface area contributed by atoms with E-state index in [4.69, 9.17) is 16.3 Å². The maximum absolute atomic E-state index is 12.7. The van der Waals surface area contributed by atoms with Crippen molar-refractivity contribution in [3.63, 3.8) is 0 Å². The van der Waals surface area contributed by atoms with Crippen LogP contribution in [0.3, 0.4) is 0 Å². The van der Waals surface area contributed by atoms with Gasteiger partial charge in [0.05, 0.1) is 0 Å². The molecule has 2 saturated heterocycles. The lowest BCUT2D eigenvalue weighted by molar-refractivity contribution is 0.122. The van der Waals surface area contributed by atoms with Crippen LogP contribution < -0.4 is 10.1 Å². The first-order chi connectivity index (χ1) is 19.7. The summed E-state index contributed by atoms with van der Waals surface area (Å²) in [6, 6.07) is 22.9. The summed E-state index contributed by atoms with van der Waals surface area (Å²) >= 11 is 6.40. The van der Waals surface area contributed by atoms with Crippen molar-refractivity contribution >= 4 is 22.5 Å². The Labute approximate surface area is 241 Å². The SMILES string of the molecule is FCOc1ccc(-c2cn(CC3CCCNC3)c3ccc(CN4CCN(Cc5ccccc5Cl)CC4)cc23)cc1. The van der Waals surface area contributed by atoms with Crippen LogP contribution in [0.5, 0.6) is 5.75 Å². The second-order valence-corrected chi connectivity index (χ2v) is 11.6. The normalized spacial score (nSPS) is 18.8. The Morgan fingerprint density at radius 2 is 1.70 bits per heavy atom. The van der Waals surface area contributed by atoms with Crippen LogP contribution in [0.4, 0.5) is 4.39 Å². The van der Waals surface area contributed by atoms with Gasteiger partial charge in [-0.05, 0) is 78.9 Å². The highest BCUT2D eigenvalue weighted by Crippen LogP contribution is 2.34. The van der Waals surface area contributed by atoms with Crippen molar-refractivity contribution in [3.05, 3.63) is 89.1 Å². The highest BCUT2D eigenvalue weighted by molar-refractivity contribution is 6.31. The Hall–Kier alpha value is -2.90. The molecule has 0 amide bonds. The Morgan fingerprint density at radius 1 is 0.925 bits per heavy atom. The number of hydrogen-bond acceptors (Lipinski definition) is 4. The zero-order chi connectivity index (χ0) is 27.3. The van der Waals surface area contributed by atoms with E-state index in [0.717, 1.165) is 69.5 Å². The van der Waals surface area contributed by atoms with E-state index >= 15 is 0 Å². The highest BCUT2D eigenvalue weighted by Gasteiger charge is 2.20. The molecule has 0 saturated carbocycles. The van der Waals surface area contributed by atoms with Crippen molar-refractivity contribution in [3.8, 4) is 16.9 Å². The van der Waals surface area contributed by atoms with Gasteiger partial charge < -0.3 is 14.6 Å². The molecule has 1 aromatic heterocycles. The van der Waals surface area contributed by atoms with Crippen molar-refractivity contribution in [1.29, 1.82) is 0 Å². The van der Waals surface area contributed by atoms with Crippen LogP contribution in [-0.2, 0) is 19.6 Å². The summed E-state index contributed by atoms with van der Waals surface area (Å²) in [6.45, 7) is 8.41. The molecule has 5 nitrogen and oxygen atoms in total. The van der Waals surface area contributed by atoms with Crippen molar-refractivity contribution in [2.75, 3.05) is 46.1 Å². The maximum atomic E-state index is 12.7. The molecule has 1 unspecified atom stereocenters. The molecule has 0 aliphatic carbocycles. The predicted octanol–water partition coefficient (Wildman–Crippen LogP) is 6.58. The van der Waals surface area contributed by atoms with Crippen LogP contribution in [0.15, 0.2) is 72.9 Å². The number of halogens is 2. The highest BCUT2D eigenvalue weighted by atomic mass is 35.5. The average Bonchev–Trinajstić information content (AvgIpc) is 3.34. The number of nitrogens with one attached hydrogen (secondary N) is 1. The monoisotopic (exact) mass is 560 g/mol. The van der Waals surface area contributed by atoms with Crippen LogP contribution in [-0.4, -0.2) is 60.5 Å². The zero-order valence-electron chi connectivity index (χ0n) is 23.0. The Bertz CT molecular complexity index is 1410. The third-order valence-corrected chi connectivity index (χ3v) is 8.78. The van der Waals surface area contributed by atoms with E-state index in [1.165, 1.54) is 40.4 Å². The molecule has 2 aliphatic rings. The number of rotatable bonds is 9. The molecule has 40 heavy (non-hydrogen) atoms. The quantitative estimate of drug-likeness (QED) is 0.250. The molecule has 3 aromatic carbocycles. The van der Waals surface area contributed by atoms with Crippen molar-refractivity contribution < 1.29 is 9.13 Å². The molecule has 2 fully saturated rings. The molecular formula is C33H38ClFN4O. The number of piperazine rings is 1. The summed E-state index contributed by atoms with van der Waals surface area (Å²) in [7, 11) is 0. The number of ether oxygens (including phenoxy) is 1. The fourth-order valence-electron chi connectivity index (χ4n) is 6.21. The van der Waals surface area contributed by atoms with Crippen LogP contribution in [0.2, 0.25) is 5.02 Å². The fraction of sp³-hybridized carbons (Fsp3) is 0.394. The summed E-state index contributed by atoms with van der Waals surface area (Å²) in [4.78, 5) is 5.05. The van der Waals surface area contributed by atoms with E-state index in [0.29, 0.717) is 11.7 Å². The Morgan fingerprint density at radius 3 is 2.42 bits per heavy atom. The van der Waals surface area contributed by atoms with Gasteiger partial charge >= 0.3 is 0 Å². The first kappa shape index (κ1) is 27.3. The first-order valence-corrected chi connectivity index (χ1v) is 14.8. The number of alkyl halides is 1. The molecule has 210 valence electrons. The number of hydrogen-bond donors (Lipinski definition) is 1. The maximum Gasteiger partial charge on any atom is 0.228 e. The lowest BCUT2D eigenvalue weighted by Crippen LogP contribution is -2.45. The average molecular weight is 561 g/mol. The van der Waals surface area contributed by atoms with E-state index < -0.39 is 6.86 Å². The number of fused-ring (bicyclic) bond motifs is 1. The number of aromatic nitrogens is 1. The van der Waals surface area contributed by atoms with Gasteiger partial charge in [-0.2, -0.15) is 0 Å². The fourth-order valence-corrected chi connectivity index (χ4v) is 6.40. The van der Waals surface area contributed by atoms with E-state index in [9.17, 15) is 4.39 Å². The van der Waals surface area contributed by atoms with Gasteiger partial charge in [0.15, 0.2) is 0 Å². The molecule has 0 bridgehead atoms. The smallest absolute Gasteiger partial charge is 0.228 e. The lowest BCUT2D eigenvalue weighted by atomic mass is 9.99. The molecule has 6 rings (SSSR count). The first-order valence-electron chi connectivity index (χ1n) is 14.5. The topological polar surface area (TPSA) is 32.7 Å². The standard InChI is InChI=1S/C33H38ClFN4O/c34-32-6-2-1-5-28(32)22-38-16-14-37(15-17-38)20-25-7-12-33-30(18-25)31(27-8-10-29(11-9-27)40-24-35)23-39(33)21-26-4-3-13-36-19-26/h1-2,5-12,18,23,26,36H,3-4,13-17,19-22,24H2. The van der Waals surface area contributed by atoms with Gasteiger partial charge in [-0.1, -0.05) is 48.0 Å².